The fourth-order valence-electron chi connectivity index (χ4n) is 6.31. The molecular weight excluding hydrogens is 810 g/mol. The number of phosphoric acid groups is 1. The molecule has 0 saturated carbocycles. The topological polar surface area (TPSA) is 202 Å². The van der Waals surface area contributed by atoms with Crippen molar-refractivity contribution in [2.24, 2.45) is 0 Å². The quantitative estimate of drug-likeness (QED) is 0.0522. The van der Waals surface area contributed by atoms with Crippen molar-refractivity contribution in [1.29, 1.82) is 0 Å². The van der Waals surface area contributed by atoms with Crippen LogP contribution in [0.15, 0.2) is 119 Å². The molecule has 5 aromatic rings. The van der Waals surface area contributed by atoms with Crippen molar-refractivity contribution < 1.29 is 47.0 Å². The standard InChI is InChI=1S/C39H40N5O11PS2/c1-25(45)57-21-19-52-56(49,53-20-22-58-26(2)46)54-23-31-33(47)34(51-4)37(55-31)44-24-40-32-35(44)41-38(42-36(32)48)43-39(27-11-7-5-8-12-27,28-13-9-6-10-14-28)29-15-17-30(50-3)18-16-29/h5-22,24,31,33-34,37,47H,23H2,1-4H3,(H2,41,42,43,48)/t31-,33-,34-,37-,56?/m1/s1. The molecule has 0 radical (unpaired) electrons. The van der Waals surface area contributed by atoms with Gasteiger partial charge in [-0.3, -0.25) is 28.5 Å². The third-order valence-electron chi connectivity index (χ3n) is 8.89. The Morgan fingerprint density at radius 2 is 1.50 bits per heavy atom. The number of aromatic amines is 1. The fourth-order valence-corrected chi connectivity index (χ4v) is 8.01. The zero-order valence-corrected chi connectivity index (χ0v) is 34.1. The number of hydrogen-bond acceptors (Lipinski definition) is 16. The van der Waals surface area contributed by atoms with Crippen molar-refractivity contribution in [2.45, 2.75) is 43.9 Å². The van der Waals surface area contributed by atoms with Crippen molar-refractivity contribution >= 4 is 58.7 Å². The highest BCUT2D eigenvalue weighted by molar-refractivity contribution is 8.16. The first-order valence-electron chi connectivity index (χ1n) is 17.6. The number of ether oxygens (including phenoxy) is 3. The number of benzene rings is 3. The molecule has 3 N–H and O–H groups in total. The molecule has 1 aliphatic rings. The largest absolute Gasteiger partial charge is 0.586 e. The molecule has 3 heterocycles. The van der Waals surface area contributed by atoms with Crippen LogP contribution in [-0.4, -0.2) is 74.0 Å². The molecule has 1 aliphatic heterocycles. The van der Waals surface area contributed by atoms with Crippen molar-refractivity contribution in [3.05, 3.63) is 142 Å². The molecule has 6 rings (SSSR count). The van der Waals surface area contributed by atoms with Crippen LogP contribution >= 0.6 is 31.3 Å². The van der Waals surface area contributed by atoms with Crippen LogP contribution in [0.2, 0.25) is 0 Å². The third-order valence-corrected chi connectivity index (χ3v) is 11.3. The highest BCUT2D eigenvalue weighted by atomic mass is 32.2. The minimum atomic E-state index is -4.43. The molecule has 4 atom stereocenters. The maximum atomic E-state index is 13.7. The summed E-state index contributed by atoms with van der Waals surface area (Å²) in [7, 11) is -1.47. The van der Waals surface area contributed by atoms with E-state index in [9.17, 15) is 24.1 Å². The van der Waals surface area contributed by atoms with Crippen LogP contribution in [0.25, 0.3) is 11.2 Å². The van der Waals surface area contributed by atoms with Crippen LogP contribution in [0.1, 0.15) is 36.8 Å². The first kappa shape index (κ1) is 42.4. The number of nitrogens with one attached hydrogen (secondary N) is 2. The molecule has 0 unspecified atom stereocenters. The van der Waals surface area contributed by atoms with Gasteiger partial charge in [0.05, 0.1) is 20.0 Å². The minimum absolute atomic E-state index is 0.00982. The number of imidazole rings is 1. The summed E-state index contributed by atoms with van der Waals surface area (Å²) in [6.45, 7) is 2.15. The van der Waals surface area contributed by atoms with Crippen molar-refractivity contribution in [3.8, 4) is 5.75 Å². The van der Waals surface area contributed by atoms with E-state index in [0.717, 1.165) is 52.7 Å². The molecule has 0 bridgehead atoms. The average molecular weight is 850 g/mol. The maximum Gasteiger partial charge on any atom is 0.586 e. The van der Waals surface area contributed by atoms with Gasteiger partial charge in [0.25, 0.3) is 5.56 Å². The van der Waals surface area contributed by atoms with E-state index in [4.69, 9.17) is 32.8 Å². The summed E-state index contributed by atoms with van der Waals surface area (Å²) in [5, 5.41) is 16.9. The van der Waals surface area contributed by atoms with E-state index in [1.807, 2.05) is 84.9 Å². The van der Waals surface area contributed by atoms with Gasteiger partial charge in [0.1, 0.15) is 42.1 Å². The van der Waals surface area contributed by atoms with Gasteiger partial charge in [-0.05, 0) is 28.8 Å². The molecule has 0 amide bonds. The summed E-state index contributed by atoms with van der Waals surface area (Å²) in [5.41, 5.74) is 0.972. The number of H-pyrrole nitrogens is 1. The van der Waals surface area contributed by atoms with E-state index in [1.54, 1.807) is 7.11 Å². The van der Waals surface area contributed by atoms with Gasteiger partial charge in [-0.25, -0.2) is 9.55 Å². The highest BCUT2D eigenvalue weighted by Gasteiger charge is 2.47. The summed E-state index contributed by atoms with van der Waals surface area (Å²) < 4.78 is 48.3. The van der Waals surface area contributed by atoms with E-state index in [0.29, 0.717) is 5.75 Å². The zero-order chi connectivity index (χ0) is 41.3. The second-order valence-corrected chi connectivity index (χ2v) is 16.3. The highest BCUT2D eigenvalue weighted by Crippen LogP contribution is 2.51. The summed E-state index contributed by atoms with van der Waals surface area (Å²) in [6.07, 6.45) is -1.39. The molecule has 3 aromatic carbocycles. The monoisotopic (exact) mass is 849 g/mol. The molecule has 304 valence electrons. The molecule has 58 heavy (non-hydrogen) atoms. The van der Waals surface area contributed by atoms with E-state index in [-0.39, 0.29) is 27.3 Å². The lowest BCUT2D eigenvalue weighted by atomic mass is 9.77. The normalized spacial score (nSPS) is 19.3. The van der Waals surface area contributed by atoms with Crippen molar-refractivity contribution in [3.63, 3.8) is 0 Å². The summed E-state index contributed by atoms with van der Waals surface area (Å²) in [5.74, 6) is 0.757. The van der Waals surface area contributed by atoms with Gasteiger partial charge in [0.2, 0.25) is 5.95 Å². The van der Waals surface area contributed by atoms with Crippen LogP contribution in [0.3, 0.4) is 0 Å². The number of thioether (sulfide) groups is 2. The van der Waals surface area contributed by atoms with Crippen molar-refractivity contribution in [1.82, 2.24) is 19.5 Å². The molecule has 19 heteroatoms. The number of anilines is 1. The minimum Gasteiger partial charge on any atom is -0.497 e. The van der Waals surface area contributed by atoms with Crippen LogP contribution < -0.4 is 15.6 Å². The van der Waals surface area contributed by atoms with Crippen LogP contribution in [0.5, 0.6) is 5.75 Å². The van der Waals surface area contributed by atoms with Gasteiger partial charge in [0, 0.05) is 31.8 Å². The number of rotatable bonds is 17. The van der Waals surface area contributed by atoms with Gasteiger partial charge >= 0.3 is 7.82 Å². The van der Waals surface area contributed by atoms with Crippen LogP contribution in [0, 0.1) is 0 Å². The molecule has 1 saturated heterocycles. The van der Waals surface area contributed by atoms with E-state index in [1.165, 1.54) is 42.7 Å². The Morgan fingerprint density at radius 3 is 2.03 bits per heavy atom. The second kappa shape index (κ2) is 19.0. The first-order valence-corrected chi connectivity index (χ1v) is 20.8. The summed E-state index contributed by atoms with van der Waals surface area (Å²) >= 11 is 1.56. The molecular formula is C39H40N5O11PS2. The average Bonchev–Trinajstić information content (AvgIpc) is 3.80. The Kier molecular flexibility index (Phi) is 13.9. The smallest absolute Gasteiger partial charge is 0.497 e. The Labute approximate surface area is 341 Å². The Bertz CT molecular complexity index is 2290. The lowest BCUT2D eigenvalue weighted by Gasteiger charge is -2.37. The number of phosphoric ester groups is 1. The van der Waals surface area contributed by atoms with Gasteiger partial charge < -0.3 is 33.7 Å². The Balaban J connectivity index is 1.34. The molecule has 1 fully saturated rings. The second-order valence-electron chi connectivity index (χ2n) is 12.5. The Hall–Kier alpha value is -5.20. The number of aromatic nitrogens is 4. The number of hydrogen-bond donors (Lipinski definition) is 3. The fraction of sp³-hybridized carbons (Fsp3) is 0.256. The zero-order valence-electron chi connectivity index (χ0n) is 31.6. The predicted molar refractivity (Wildman–Crippen MR) is 219 cm³/mol. The van der Waals surface area contributed by atoms with E-state index < -0.39 is 50.1 Å². The first-order chi connectivity index (χ1) is 28.0. The number of carbonyl (C=O) groups is 2. The van der Waals surface area contributed by atoms with Gasteiger partial charge in [0.15, 0.2) is 27.6 Å². The van der Waals surface area contributed by atoms with E-state index >= 15 is 0 Å². The molecule has 0 aliphatic carbocycles. The lowest BCUT2D eigenvalue weighted by molar-refractivity contribution is -0.109. The number of nitrogens with zero attached hydrogens (tertiary/aromatic N) is 3. The number of fused-ring (bicyclic) bond motifs is 1. The number of aliphatic hydroxyl groups excluding tert-OH is 1. The van der Waals surface area contributed by atoms with E-state index in [2.05, 4.69) is 15.3 Å². The molecule has 16 nitrogen and oxygen atoms in total. The Morgan fingerprint density at radius 1 is 0.931 bits per heavy atom. The number of methoxy groups -OCH3 is 2. The predicted octanol–water partition coefficient (Wildman–Crippen LogP) is 6.47. The van der Waals surface area contributed by atoms with Gasteiger partial charge in [-0.1, -0.05) is 96.3 Å². The van der Waals surface area contributed by atoms with Crippen LogP contribution in [0.4, 0.5) is 5.95 Å². The molecule has 0 spiro atoms. The summed E-state index contributed by atoms with van der Waals surface area (Å²) in [4.78, 5) is 48.4. The van der Waals surface area contributed by atoms with Gasteiger partial charge in [-0.15, -0.1) is 0 Å². The lowest BCUT2D eigenvalue weighted by Crippen LogP contribution is -2.39. The molecule has 2 aromatic heterocycles. The van der Waals surface area contributed by atoms with Crippen molar-refractivity contribution in [2.75, 3.05) is 26.1 Å². The number of aliphatic hydroxyl groups is 1. The number of carbonyl (C=O) groups excluding carboxylic acids is 2. The SMILES string of the molecule is COc1ccc(C(Nc2nc3c(ncn3[C@@H]3O[C@H](COP(=O)(OC=CSC(C)=O)OC=CSC(C)=O)[C@@H](O)[C@H]3OC)c(=O)[nH]2)(c2ccccc2)c2ccccc2)cc1. The van der Waals surface area contributed by atoms with Crippen LogP contribution in [-0.2, 0) is 42.7 Å². The summed E-state index contributed by atoms with van der Waals surface area (Å²) in [6, 6.07) is 27.0. The maximum absolute atomic E-state index is 13.7. The van der Waals surface area contributed by atoms with Gasteiger partial charge in [-0.2, -0.15) is 4.98 Å². The third kappa shape index (κ3) is 9.56.